The van der Waals surface area contributed by atoms with E-state index in [1.54, 1.807) is 16.3 Å². The predicted octanol–water partition coefficient (Wildman–Crippen LogP) is 0.814. The Balaban J connectivity index is 1.93. The molecule has 0 atom stereocenters. The molecule has 0 saturated heterocycles. The van der Waals surface area contributed by atoms with Gasteiger partial charge in [0.2, 0.25) is 10.0 Å². The fourth-order valence-electron chi connectivity index (χ4n) is 1.43. The summed E-state index contributed by atoms with van der Waals surface area (Å²) in [5.41, 5.74) is 7.01. The first-order chi connectivity index (χ1) is 8.47. The monoisotopic (exact) mass is 286 g/mol. The van der Waals surface area contributed by atoms with Gasteiger partial charge in [-0.25, -0.2) is 13.1 Å². The first-order valence-corrected chi connectivity index (χ1v) is 7.66. The Hall–Kier alpha value is -1.38. The Labute approximate surface area is 109 Å². The van der Waals surface area contributed by atoms with Gasteiger partial charge in [-0.1, -0.05) is 0 Å². The molecular formula is C10H14N4O2S2. The summed E-state index contributed by atoms with van der Waals surface area (Å²) in [5.74, 6) is 0. The third-order valence-corrected chi connectivity index (χ3v) is 5.17. The maximum atomic E-state index is 11.9. The number of nitrogens with two attached hydrogens (primary N) is 1. The lowest BCUT2D eigenvalue weighted by Crippen LogP contribution is -2.27. The molecule has 0 aliphatic heterocycles. The van der Waals surface area contributed by atoms with Crippen LogP contribution in [0.3, 0.4) is 0 Å². The maximum Gasteiger partial charge on any atom is 0.250 e. The number of anilines is 1. The molecule has 0 spiro atoms. The summed E-state index contributed by atoms with van der Waals surface area (Å²) in [5, 5.41) is 5.68. The molecule has 0 radical (unpaired) electrons. The number of rotatable bonds is 5. The van der Waals surface area contributed by atoms with E-state index in [0.717, 1.165) is 16.9 Å². The highest BCUT2D eigenvalue weighted by molar-refractivity contribution is 7.91. The van der Waals surface area contributed by atoms with Crippen LogP contribution in [0.4, 0.5) is 5.69 Å². The van der Waals surface area contributed by atoms with Crippen molar-refractivity contribution in [3.8, 4) is 0 Å². The number of nitrogen functional groups attached to an aromatic ring is 1. The van der Waals surface area contributed by atoms with E-state index in [1.165, 1.54) is 6.07 Å². The van der Waals surface area contributed by atoms with Crippen LogP contribution in [0, 0.1) is 6.92 Å². The number of thiophene rings is 1. The van der Waals surface area contributed by atoms with Crippen LogP contribution in [-0.4, -0.2) is 24.7 Å². The van der Waals surface area contributed by atoms with Gasteiger partial charge in [0.1, 0.15) is 4.21 Å². The second-order valence-electron chi connectivity index (χ2n) is 3.88. The summed E-state index contributed by atoms with van der Waals surface area (Å²) in [6.07, 6.45) is 3.59. The number of nitrogens with one attached hydrogen (secondary N) is 1. The molecule has 2 aromatic heterocycles. The number of hydrogen-bond acceptors (Lipinski definition) is 5. The molecule has 0 unspecified atom stereocenters. The largest absolute Gasteiger partial charge is 0.398 e. The molecule has 6 nitrogen and oxygen atoms in total. The van der Waals surface area contributed by atoms with Crippen LogP contribution >= 0.6 is 11.3 Å². The first kappa shape index (κ1) is 13.1. The third kappa shape index (κ3) is 3.09. The summed E-state index contributed by atoms with van der Waals surface area (Å²) in [6.45, 7) is 2.72. The smallest absolute Gasteiger partial charge is 0.250 e. The van der Waals surface area contributed by atoms with E-state index in [-0.39, 0.29) is 4.21 Å². The number of hydrogen-bond donors (Lipinski definition) is 2. The van der Waals surface area contributed by atoms with Crippen LogP contribution in [-0.2, 0) is 16.6 Å². The fourth-order valence-corrected chi connectivity index (χ4v) is 3.57. The fraction of sp³-hybridized carbons (Fsp3) is 0.300. The van der Waals surface area contributed by atoms with E-state index in [1.807, 2.05) is 13.1 Å². The third-order valence-electron chi connectivity index (χ3n) is 2.26. The van der Waals surface area contributed by atoms with Crippen molar-refractivity contribution in [2.24, 2.45) is 0 Å². The molecule has 0 fully saturated rings. The van der Waals surface area contributed by atoms with Crippen LogP contribution < -0.4 is 10.5 Å². The van der Waals surface area contributed by atoms with Gasteiger partial charge in [0.25, 0.3) is 0 Å². The predicted molar refractivity (Wildman–Crippen MR) is 70.9 cm³/mol. The lowest BCUT2D eigenvalue weighted by atomic mass is 10.4. The molecular weight excluding hydrogens is 272 g/mol. The van der Waals surface area contributed by atoms with Crippen molar-refractivity contribution in [3.05, 3.63) is 29.4 Å². The highest BCUT2D eigenvalue weighted by Crippen LogP contribution is 2.20. The lowest BCUT2D eigenvalue weighted by molar-refractivity contribution is 0.562. The molecule has 0 aliphatic carbocycles. The molecule has 18 heavy (non-hydrogen) atoms. The molecule has 2 heterocycles. The maximum absolute atomic E-state index is 11.9. The van der Waals surface area contributed by atoms with Crippen LogP contribution in [0.1, 0.15) is 5.56 Å². The highest BCUT2D eigenvalue weighted by atomic mass is 32.2. The van der Waals surface area contributed by atoms with Gasteiger partial charge in [-0.05, 0) is 18.6 Å². The number of aromatic nitrogens is 2. The van der Waals surface area contributed by atoms with Gasteiger partial charge >= 0.3 is 0 Å². The Morgan fingerprint density at radius 1 is 1.56 bits per heavy atom. The summed E-state index contributed by atoms with van der Waals surface area (Å²) < 4.78 is 28.2. The zero-order valence-corrected chi connectivity index (χ0v) is 11.5. The van der Waals surface area contributed by atoms with Crippen molar-refractivity contribution in [1.29, 1.82) is 0 Å². The van der Waals surface area contributed by atoms with E-state index in [0.29, 0.717) is 18.8 Å². The van der Waals surface area contributed by atoms with Crippen molar-refractivity contribution in [2.75, 3.05) is 12.3 Å². The van der Waals surface area contributed by atoms with Crippen LogP contribution in [0.25, 0.3) is 0 Å². The second-order valence-corrected chi connectivity index (χ2v) is 6.78. The summed E-state index contributed by atoms with van der Waals surface area (Å²) in [4.78, 5) is 0. The van der Waals surface area contributed by atoms with E-state index in [2.05, 4.69) is 9.82 Å². The van der Waals surface area contributed by atoms with Gasteiger partial charge in [0.15, 0.2) is 0 Å². The van der Waals surface area contributed by atoms with Gasteiger partial charge in [-0.15, -0.1) is 11.3 Å². The Morgan fingerprint density at radius 3 is 2.89 bits per heavy atom. The molecule has 98 valence electrons. The average molecular weight is 286 g/mol. The first-order valence-electron chi connectivity index (χ1n) is 5.30. The quantitative estimate of drug-likeness (QED) is 0.851. The van der Waals surface area contributed by atoms with Crippen molar-refractivity contribution in [2.45, 2.75) is 17.7 Å². The minimum atomic E-state index is -3.46. The molecule has 0 amide bonds. The van der Waals surface area contributed by atoms with Crippen LogP contribution in [0.15, 0.2) is 28.0 Å². The van der Waals surface area contributed by atoms with E-state index in [9.17, 15) is 8.42 Å². The van der Waals surface area contributed by atoms with Gasteiger partial charge in [-0.3, -0.25) is 4.68 Å². The van der Waals surface area contributed by atoms with E-state index < -0.39 is 10.0 Å². The molecule has 3 N–H and O–H groups in total. The van der Waals surface area contributed by atoms with Gasteiger partial charge in [0.05, 0.1) is 12.7 Å². The Morgan fingerprint density at radius 2 is 2.33 bits per heavy atom. The van der Waals surface area contributed by atoms with Crippen molar-refractivity contribution < 1.29 is 8.42 Å². The van der Waals surface area contributed by atoms with E-state index in [4.69, 9.17) is 5.73 Å². The highest BCUT2D eigenvalue weighted by Gasteiger charge is 2.15. The number of aryl methyl sites for hydroxylation is 1. The minimum Gasteiger partial charge on any atom is -0.398 e. The van der Waals surface area contributed by atoms with Gasteiger partial charge in [0, 0.05) is 23.8 Å². The molecule has 0 saturated carbocycles. The van der Waals surface area contributed by atoms with Gasteiger partial charge < -0.3 is 5.73 Å². The van der Waals surface area contributed by atoms with Gasteiger partial charge in [-0.2, -0.15) is 5.10 Å². The number of sulfonamides is 1. The number of nitrogens with zero attached hydrogens (tertiary/aromatic N) is 2. The standard InChI is InChI=1S/C10H14N4O2S2/c1-8-5-12-14(6-8)3-2-13-18(15,16)10-4-9(11)7-17-10/h4-7,13H,2-3,11H2,1H3. The topological polar surface area (TPSA) is 90.0 Å². The SMILES string of the molecule is Cc1cnn(CCNS(=O)(=O)c2cc(N)cs2)c1. The second kappa shape index (κ2) is 5.09. The van der Waals surface area contributed by atoms with Crippen molar-refractivity contribution in [3.63, 3.8) is 0 Å². The molecule has 8 heteroatoms. The molecule has 0 bridgehead atoms. The van der Waals surface area contributed by atoms with E-state index >= 15 is 0 Å². The van der Waals surface area contributed by atoms with Crippen LogP contribution in [0.2, 0.25) is 0 Å². The van der Waals surface area contributed by atoms with Crippen molar-refractivity contribution in [1.82, 2.24) is 14.5 Å². The summed E-state index contributed by atoms with van der Waals surface area (Å²) in [7, 11) is -3.46. The normalized spacial score (nSPS) is 11.8. The molecule has 0 aromatic carbocycles. The molecule has 2 aromatic rings. The molecule has 0 aliphatic rings. The van der Waals surface area contributed by atoms with Crippen molar-refractivity contribution >= 4 is 27.0 Å². The summed E-state index contributed by atoms with van der Waals surface area (Å²) in [6, 6.07) is 1.45. The van der Waals surface area contributed by atoms with Crippen LogP contribution in [0.5, 0.6) is 0 Å². The lowest BCUT2D eigenvalue weighted by Gasteiger charge is -2.04. The Kier molecular flexibility index (Phi) is 3.69. The summed E-state index contributed by atoms with van der Waals surface area (Å²) >= 11 is 1.11. The Bertz CT molecular complexity index is 630. The molecule has 2 rings (SSSR count). The zero-order valence-electron chi connectivity index (χ0n) is 9.83. The minimum absolute atomic E-state index is 0.233. The average Bonchev–Trinajstić information content (AvgIpc) is 2.88. The zero-order chi connectivity index (χ0) is 13.2.